The molecule has 0 radical (unpaired) electrons. The minimum absolute atomic E-state index is 0.195. The molecule has 0 bridgehead atoms. The highest BCUT2D eigenvalue weighted by atomic mass is 19.1. The smallest absolute Gasteiger partial charge is 0.165 e. The Morgan fingerprint density at radius 3 is 2.87 bits per heavy atom. The van der Waals surface area contributed by atoms with Crippen molar-refractivity contribution < 1.29 is 14.2 Å². The Morgan fingerprint density at radius 1 is 1.53 bits per heavy atom. The topological polar surface area (TPSA) is 55.5 Å². The van der Waals surface area contributed by atoms with Crippen LogP contribution >= 0.6 is 0 Å². The fourth-order valence-corrected chi connectivity index (χ4v) is 1.21. The molecule has 0 heterocycles. The fraction of sp³-hybridized carbons (Fsp3) is 0.455. The molecule has 84 valence electrons. The number of para-hydroxylation sites is 1. The number of ether oxygens (including phenoxy) is 1. The minimum Gasteiger partial charge on any atom is -0.490 e. The second-order valence-electron chi connectivity index (χ2n) is 3.42. The van der Waals surface area contributed by atoms with Crippen LogP contribution < -0.4 is 10.5 Å². The minimum atomic E-state index is -0.446. The third-order valence-corrected chi connectivity index (χ3v) is 2.05. The summed E-state index contributed by atoms with van der Waals surface area (Å²) in [5, 5.41) is 9.03. The predicted molar refractivity (Wildman–Crippen MR) is 56.1 cm³/mol. The normalized spacial score (nSPS) is 12.5. The van der Waals surface area contributed by atoms with Gasteiger partial charge in [-0.3, -0.25) is 0 Å². The highest BCUT2D eigenvalue weighted by molar-refractivity contribution is 5.34. The number of hydrogen-bond donors (Lipinski definition) is 2. The molecule has 0 spiro atoms. The summed E-state index contributed by atoms with van der Waals surface area (Å²) in [5.74, 6) is -0.218. The van der Waals surface area contributed by atoms with Gasteiger partial charge in [0.2, 0.25) is 0 Å². The summed E-state index contributed by atoms with van der Waals surface area (Å²) >= 11 is 0. The molecule has 4 heteroatoms. The number of aliphatic hydroxyl groups is 1. The van der Waals surface area contributed by atoms with E-state index in [0.717, 1.165) is 0 Å². The fourth-order valence-electron chi connectivity index (χ4n) is 1.21. The average molecular weight is 213 g/mol. The van der Waals surface area contributed by atoms with Crippen LogP contribution in [0, 0.1) is 5.82 Å². The number of benzene rings is 1. The van der Waals surface area contributed by atoms with Gasteiger partial charge in [-0.2, -0.15) is 0 Å². The van der Waals surface area contributed by atoms with E-state index in [1.165, 1.54) is 6.07 Å². The van der Waals surface area contributed by atoms with Crippen LogP contribution in [0.25, 0.3) is 0 Å². The zero-order valence-corrected chi connectivity index (χ0v) is 8.74. The number of nitrogens with two attached hydrogens (primary N) is 1. The highest BCUT2D eigenvalue weighted by Gasteiger charge is 2.08. The summed E-state index contributed by atoms with van der Waals surface area (Å²) in [4.78, 5) is 0. The first-order valence-corrected chi connectivity index (χ1v) is 4.93. The first kappa shape index (κ1) is 11.9. The zero-order chi connectivity index (χ0) is 11.3. The Kier molecular flexibility index (Phi) is 4.52. The summed E-state index contributed by atoms with van der Waals surface area (Å²) in [6, 6.07) is 4.65. The molecule has 3 N–H and O–H groups in total. The molecule has 15 heavy (non-hydrogen) atoms. The lowest BCUT2D eigenvalue weighted by molar-refractivity contribution is 0.153. The van der Waals surface area contributed by atoms with Crippen molar-refractivity contribution in [2.75, 3.05) is 6.61 Å². The van der Waals surface area contributed by atoms with Crippen molar-refractivity contribution in [2.24, 2.45) is 5.73 Å². The molecule has 1 atom stereocenters. The summed E-state index contributed by atoms with van der Waals surface area (Å²) in [6.07, 6.45) is 0.0244. The maximum Gasteiger partial charge on any atom is 0.165 e. The Balaban J connectivity index is 2.66. The van der Waals surface area contributed by atoms with Gasteiger partial charge in [0.05, 0.1) is 12.7 Å². The molecule has 1 aromatic rings. The standard InChI is InChI=1S/C11H16FNO2/c1-8(14)5-6-15-11-9(7-13)3-2-4-10(11)12/h2-4,8,14H,5-7,13H2,1H3. The lowest BCUT2D eigenvalue weighted by Gasteiger charge is -2.11. The van der Waals surface area contributed by atoms with E-state index >= 15 is 0 Å². The van der Waals surface area contributed by atoms with E-state index in [-0.39, 0.29) is 18.9 Å². The maximum absolute atomic E-state index is 13.3. The lowest BCUT2D eigenvalue weighted by atomic mass is 10.2. The summed E-state index contributed by atoms with van der Waals surface area (Å²) < 4.78 is 18.6. The van der Waals surface area contributed by atoms with E-state index < -0.39 is 11.9 Å². The molecule has 0 aliphatic heterocycles. The largest absolute Gasteiger partial charge is 0.490 e. The predicted octanol–water partition coefficient (Wildman–Crippen LogP) is 1.43. The van der Waals surface area contributed by atoms with E-state index in [0.29, 0.717) is 12.0 Å². The van der Waals surface area contributed by atoms with E-state index in [1.807, 2.05) is 0 Å². The summed E-state index contributed by atoms with van der Waals surface area (Å²) in [5.41, 5.74) is 6.09. The van der Waals surface area contributed by atoms with Crippen LogP contribution in [0.15, 0.2) is 18.2 Å². The van der Waals surface area contributed by atoms with Gasteiger partial charge < -0.3 is 15.6 Å². The van der Waals surface area contributed by atoms with Gasteiger partial charge in [0.15, 0.2) is 11.6 Å². The van der Waals surface area contributed by atoms with Gasteiger partial charge in [0, 0.05) is 18.5 Å². The molecule has 0 saturated carbocycles. The summed E-state index contributed by atoms with van der Waals surface area (Å²) in [6.45, 7) is 2.18. The van der Waals surface area contributed by atoms with Gasteiger partial charge in [-0.15, -0.1) is 0 Å². The second-order valence-corrected chi connectivity index (χ2v) is 3.42. The van der Waals surface area contributed by atoms with Crippen LogP contribution in [0.2, 0.25) is 0 Å². The number of hydrogen-bond acceptors (Lipinski definition) is 3. The Hall–Kier alpha value is -1.13. The Bertz CT molecular complexity index is 315. The van der Waals surface area contributed by atoms with Crippen molar-refractivity contribution in [1.29, 1.82) is 0 Å². The van der Waals surface area contributed by atoms with Crippen molar-refractivity contribution in [1.82, 2.24) is 0 Å². The van der Waals surface area contributed by atoms with Gasteiger partial charge in [0.25, 0.3) is 0 Å². The average Bonchev–Trinajstić information content (AvgIpc) is 2.20. The van der Waals surface area contributed by atoms with E-state index in [9.17, 15) is 4.39 Å². The van der Waals surface area contributed by atoms with Gasteiger partial charge >= 0.3 is 0 Å². The van der Waals surface area contributed by atoms with Crippen LogP contribution in [-0.2, 0) is 6.54 Å². The van der Waals surface area contributed by atoms with Gasteiger partial charge in [0.1, 0.15) is 0 Å². The Morgan fingerprint density at radius 2 is 2.27 bits per heavy atom. The molecular weight excluding hydrogens is 197 g/mol. The Labute approximate surface area is 88.7 Å². The molecule has 0 fully saturated rings. The molecule has 1 rings (SSSR count). The number of halogens is 1. The van der Waals surface area contributed by atoms with Crippen LogP contribution in [0.4, 0.5) is 4.39 Å². The van der Waals surface area contributed by atoms with Crippen LogP contribution in [0.3, 0.4) is 0 Å². The number of aliphatic hydroxyl groups excluding tert-OH is 1. The first-order valence-electron chi connectivity index (χ1n) is 4.93. The molecule has 3 nitrogen and oxygen atoms in total. The molecule has 0 aromatic heterocycles. The van der Waals surface area contributed by atoms with Crippen molar-refractivity contribution in [3.8, 4) is 5.75 Å². The van der Waals surface area contributed by atoms with Crippen molar-refractivity contribution in [2.45, 2.75) is 26.0 Å². The van der Waals surface area contributed by atoms with Crippen LogP contribution in [-0.4, -0.2) is 17.8 Å². The SMILES string of the molecule is CC(O)CCOc1c(F)cccc1CN. The first-order chi connectivity index (χ1) is 7.15. The monoisotopic (exact) mass is 213 g/mol. The van der Waals surface area contributed by atoms with Gasteiger partial charge in [-0.05, 0) is 13.0 Å². The maximum atomic E-state index is 13.3. The van der Waals surface area contributed by atoms with E-state index in [2.05, 4.69) is 0 Å². The molecule has 0 aliphatic rings. The van der Waals surface area contributed by atoms with Crippen molar-refractivity contribution >= 4 is 0 Å². The van der Waals surface area contributed by atoms with E-state index in [4.69, 9.17) is 15.6 Å². The van der Waals surface area contributed by atoms with Crippen molar-refractivity contribution in [3.05, 3.63) is 29.6 Å². The molecule has 0 aliphatic carbocycles. The van der Waals surface area contributed by atoms with Crippen LogP contribution in [0.1, 0.15) is 18.9 Å². The molecular formula is C11H16FNO2. The zero-order valence-electron chi connectivity index (χ0n) is 8.74. The lowest BCUT2D eigenvalue weighted by Crippen LogP contribution is -2.10. The van der Waals surface area contributed by atoms with E-state index in [1.54, 1.807) is 19.1 Å². The molecule has 0 saturated heterocycles. The van der Waals surface area contributed by atoms with Crippen molar-refractivity contribution in [3.63, 3.8) is 0 Å². The number of rotatable bonds is 5. The van der Waals surface area contributed by atoms with Crippen LogP contribution in [0.5, 0.6) is 5.75 Å². The quantitative estimate of drug-likeness (QED) is 0.778. The van der Waals surface area contributed by atoms with Gasteiger partial charge in [-0.25, -0.2) is 4.39 Å². The van der Waals surface area contributed by atoms with Gasteiger partial charge in [-0.1, -0.05) is 12.1 Å². The third-order valence-electron chi connectivity index (χ3n) is 2.05. The highest BCUT2D eigenvalue weighted by Crippen LogP contribution is 2.22. The molecule has 1 aromatic carbocycles. The molecule has 1 unspecified atom stereocenters. The summed E-state index contributed by atoms with van der Waals surface area (Å²) in [7, 11) is 0. The third kappa shape index (κ3) is 3.49. The molecule has 0 amide bonds. The second kappa shape index (κ2) is 5.68.